The number of anilines is 3. The van der Waals surface area contributed by atoms with Crippen molar-refractivity contribution in [2.75, 3.05) is 64.1 Å². The molecule has 0 amide bonds. The van der Waals surface area contributed by atoms with E-state index in [2.05, 4.69) is 60.7 Å². The fourth-order valence-corrected chi connectivity index (χ4v) is 3.93. The molecule has 2 aromatic carbocycles. The highest BCUT2D eigenvalue weighted by atomic mass is 19.1. The third-order valence-electron chi connectivity index (χ3n) is 5.82. The van der Waals surface area contributed by atoms with Gasteiger partial charge in [0, 0.05) is 57.6 Å². The summed E-state index contributed by atoms with van der Waals surface area (Å²) in [5.41, 5.74) is 1.98. The molecular weight excluding hydrogens is 435 g/mol. The fourth-order valence-electron chi connectivity index (χ4n) is 3.93. The maximum absolute atomic E-state index is 14.3. The number of halogens is 1. The summed E-state index contributed by atoms with van der Waals surface area (Å²) >= 11 is 0. The molecule has 0 saturated carbocycles. The quantitative estimate of drug-likeness (QED) is 0.470. The zero-order valence-electron chi connectivity index (χ0n) is 19.6. The molecule has 1 aliphatic rings. The van der Waals surface area contributed by atoms with Gasteiger partial charge in [0.1, 0.15) is 0 Å². The number of benzene rings is 2. The van der Waals surface area contributed by atoms with Gasteiger partial charge < -0.3 is 20.1 Å². The van der Waals surface area contributed by atoms with Crippen LogP contribution in [-0.2, 0) is 6.54 Å². The van der Waals surface area contributed by atoms with Crippen LogP contribution in [0.25, 0.3) is 0 Å². The number of aromatic nitrogens is 2. The summed E-state index contributed by atoms with van der Waals surface area (Å²) in [6.07, 6.45) is 1.17. The van der Waals surface area contributed by atoms with Gasteiger partial charge in [0.25, 0.3) is 0 Å². The highest BCUT2D eigenvalue weighted by Gasteiger charge is 2.17. The molecule has 8 nitrogen and oxygen atoms in total. The lowest BCUT2D eigenvalue weighted by atomic mass is 10.2. The maximum atomic E-state index is 14.3. The third-order valence-corrected chi connectivity index (χ3v) is 5.82. The van der Waals surface area contributed by atoms with Crippen LogP contribution in [0.15, 0.2) is 54.7 Å². The topological polar surface area (TPSA) is 74.8 Å². The molecule has 4 rings (SSSR count). The standard InChI is InChI=1S/C25H31FN6O2/c1-33-22-9-8-20(16-23(22)34-2)29-24-21(26)17-28-25(30-24)27-10-11-31-12-14-32(15-13-31)18-19-6-4-3-5-7-19/h3-9,16-17H,10-15,18H2,1-2H3,(H2,27,28,29,30). The minimum Gasteiger partial charge on any atom is -0.493 e. The van der Waals surface area contributed by atoms with Gasteiger partial charge in [-0.3, -0.25) is 9.80 Å². The van der Waals surface area contributed by atoms with Crippen molar-refractivity contribution >= 4 is 17.5 Å². The van der Waals surface area contributed by atoms with Crippen molar-refractivity contribution < 1.29 is 13.9 Å². The van der Waals surface area contributed by atoms with Gasteiger partial charge in [-0.1, -0.05) is 30.3 Å². The number of rotatable bonds is 10. The van der Waals surface area contributed by atoms with E-state index in [4.69, 9.17) is 9.47 Å². The smallest absolute Gasteiger partial charge is 0.224 e. The predicted octanol–water partition coefficient (Wildman–Crippen LogP) is 3.61. The summed E-state index contributed by atoms with van der Waals surface area (Å²) in [5, 5.41) is 6.19. The molecule has 1 aliphatic heterocycles. The molecule has 0 bridgehead atoms. The Hall–Kier alpha value is -3.43. The van der Waals surface area contributed by atoms with E-state index in [-0.39, 0.29) is 5.82 Å². The maximum Gasteiger partial charge on any atom is 0.224 e. The minimum absolute atomic E-state index is 0.0965. The fraction of sp³-hybridized carbons (Fsp3) is 0.360. The lowest BCUT2D eigenvalue weighted by molar-refractivity contribution is 0.130. The van der Waals surface area contributed by atoms with E-state index in [1.165, 1.54) is 11.8 Å². The molecular formula is C25H31FN6O2. The molecule has 2 heterocycles. The SMILES string of the molecule is COc1ccc(Nc2nc(NCCN3CCN(Cc4ccccc4)CC3)ncc2F)cc1OC. The molecule has 3 aromatic rings. The predicted molar refractivity (Wildman–Crippen MR) is 131 cm³/mol. The van der Waals surface area contributed by atoms with Gasteiger partial charge in [0.15, 0.2) is 23.1 Å². The van der Waals surface area contributed by atoms with E-state index in [9.17, 15) is 4.39 Å². The summed E-state index contributed by atoms with van der Waals surface area (Å²) < 4.78 is 24.9. The highest BCUT2D eigenvalue weighted by molar-refractivity contribution is 5.62. The number of piperazine rings is 1. The van der Waals surface area contributed by atoms with E-state index in [0.717, 1.165) is 39.3 Å². The van der Waals surface area contributed by atoms with Gasteiger partial charge in [-0.15, -0.1) is 0 Å². The third kappa shape index (κ3) is 6.33. The summed E-state index contributed by atoms with van der Waals surface area (Å²) in [7, 11) is 3.12. The van der Waals surface area contributed by atoms with Crippen molar-refractivity contribution in [2.45, 2.75) is 6.54 Å². The molecule has 0 atom stereocenters. The van der Waals surface area contributed by atoms with Crippen LogP contribution in [0.1, 0.15) is 5.56 Å². The number of hydrogen-bond acceptors (Lipinski definition) is 8. The Morgan fingerprint density at radius 2 is 1.68 bits per heavy atom. The molecule has 0 unspecified atom stereocenters. The van der Waals surface area contributed by atoms with Crippen LogP contribution in [0, 0.1) is 5.82 Å². The molecule has 2 N–H and O–H groups in total. The van der Waals surface area contributed by atoms with E-state index in [1.54, 1.807) is 32.4 Å². The minimum atomic E-state index is -0.533. The number of hydrogen-bond donors (Lipinski definition) is 2. The van der Waals surface area contributed by atoms with Crippen LogP contribution >= 0.6 is 0 Å². The van der Waals surface area contributed by atoms with Gasteiger partial charge >= 0.3 is 0 Å². The number of ether oxygens (including phenoxy) is 2. The van der Waals surface area contributed by atoms with Crippen LogP contribution in [0.4, 0.5) is 21.8 Å². The normalized spacial score (nSPS) is 14.6. The van der Waals surface area contributed by atoms with Crippen molar-refractivity contribution in [2.24, 2.45) is 0 Å². The van der Waals surface area contributed by atoms with Gasteiger partial charge in [-0.05, 0) is 17.7 Å². The van der Waals surface area contributed by atoms with Gasteiger partial charge in [-0.25, -0.2) is 9.37 Å². The molecule has 1 aromatic heterocycles. The first-order valence-corrected chi connectivity index (χ1v) is 11.4. The molecule has 34 heavy (non-hydrogen) atoms. The van der Waals surface area contributed by atoms with E-state index < -0.39 is 5.82 Å². The Kier molecular flexibility index (Phi) is 8.11. The van der Waals surface area contributed by atoms with E-state index >= 15 is 0 Å². The summed E-state index contributed by atoms with van der Waals surface area (Å²) in [6, 6.07) is 15.8. The summed E-state index contributed by atoms with van der Waals surface area (Å²) in [4.78, 5) is 13.3. The summed E-state index contributed by atoms with van der Waals surface area (Å²) in [5.74, 6) is 1.09. The molecule has 0 aliphatic carbocycles. The monoisotopic (exact) mass is 466 g/mol. The van der Waals surface area contributed by atoms with Crippen LogP contribution in [0.5, 0.6) is 11.5 Å². The second kappa shape index (κ2) is 11.6. The Morgan fingerprint density at radius 1 is 0.941 bits per heavy atom. The Balaban J connectivity index is 1.25. The van der Waals surface area contributed by atoms with Crippen molar-refractivity contribution in [3.05, 3.63) is 66.1 Å². The largest absolute Gasteiger partial charge is 0.493 e. The Labute approximate surface area is 199 Å². The number of nitrogens with zero attached hydrogens (tertiary/aromatic N) is 4. The molecule has 9 heteroatoms. The van der Waals surface area contributed by atoms with Crippen molar-refractivity contribution in [1.82, 2.24) is 19.8 Å². The zero-order valence-corrected chi connectivity index (χ0v) is 19.6. The number of methoxy groups -OCH3 is 2. The lowest BCUT2D eigenvalue weighted by Crippen LogP contribution is -2.47. The van der Waals surface area contributed by atoms with Crippen LogP contribution in [-0.4, -0.2) is 73.3 Å². The number of nitrogens with one attached hydrogen (secondary N) is 2. The van der Waals surface area contributed by atoms with Gasteiger partial charge in [-0.2, -0.15) is 4.98 Å². The second-order valence-corrected chi connectivity index (χ2v) is 8.12. The molecule has 1 saturated heterocycles. The van der Waals surface area contributed by atoms with Crippen molar-refractivity contribution in [3.63, 3.8) is 0 Å². The zero-order chi connectivity index (χ0) is 23.8. The van der Waals surface area contributed by atoms with Crippen molar-refractivity contribution in [3.8, 4) is 11.5 Å². The first kappa shape index (κ1) is 23.7. The Bertz CT molecular complexity index is 1060. The highest BCUT2D eigenvalue weighted by Crippen LogP contribution is 2.31. The van der Waals surface area contributed by atoms with E-state index in [0.29, 0.717) is 29.7 Å². The lowest BCUT2D eigenvalue weighted by Gasteiger charge is -2.34. The first-order chi connectivity index (χ1) is 16.6. The second-order valence-electron chi connectivity index (χ2n) is 8.12. The van der Waals surface area contributed by atoms with Crippen LogP contribution in [0.2, 0.25) is 0 Å². The molecule has 0 spiro atoms. The Morgan fingerprint density at radius 3 is 2.41 bits per heavy atom. The molecule has 0 radical (unpaired) electrons. The molecule has 180 valence electrons. The van der Waals surface area contributed by atoms with Gasteiger partial charge in [0.2, 0.25) is 5.95 Å². The van der Waals surface area contributed by atoms with Gasteiger partial charge in [0.05, 0.1) is 20.4 Å². The molecule has 1 fully saturated rings. The first-order valence-electron chi connectivity index (χ1n) is 11.4. The average molecular weight is 467 g/mol. The van der Waals surface area contributed by atoms with Crippen LogP contribution < -0.4 is 20.1 Å². The van der Waals surface area contributed by atoms with Crippen molar-refractivity contribution in [1.29, 1.82) is 0 Å². The average Bonchev–Trinajstić information content (AvgIpc) is 2.87. The summed E-state index contributed by atoms with van der Waals surface area (Å²) in [6.45, 7) is 6.67. The van der Waals surface area contributed by atoms with Crippen LogP contribution in [0.3, 0.4) is 0 Å². The van der Waals surface area contributed by atoms with E-state index in [1.807, 2.05) is 0 Å².